The van der Waals surface area contributed by atoms with E-state index in [1.807, 2.05) is 0 Å². The molecule has 0 saturated heterocycles. The predicted octanol–water partition coefficient (Wildman–Crippen LogP) is 4.83. The van der Waals surface area contributed by atoms with E-state index in [0.29, 0.717) is 28.4 Å². The van der Waals surface area contributed by atoms with Crippen molar-refractivity contribution < 1.29 is 9.59 Å². The first-order valence-corrected chi connectivity index (χ1v) is 9.41. The number of amides is 1. The fourth-order valence-corrected chi connectivity index (χ4v) is 3.64. The van der Waals surface area contributed by atoms with Crippen LogP contribution in [0.25, 0.3) is 5.65 Å². The van der Waals surface area contributed by atoms with Crippen molar-refractivity contribution in [2.45, 2.75) is 6.92 Å². The molecule has 3 aromatic heterocycles. The Morgan fingerprint density at radius 1 is 1.00 bits per heavy atom. The van der Waals surface area contributed by atoms with Gasteiger partial charge in [-0.2, -0.15) is 0 Å². The third-order valence-corrected chi connectivity index (χ3v) is 5.00. The molecular formula is C21H14Cl2N4O2. The number of aryl methyl sites for hydroxylation is 1. The molecule has 0 bridgehead atoms. The number of pyridine rings is 2. The Balaban J connectivity index is 1.76. The minimum absolute atomic E-state index is 0.172. The van der Waals surface area contributed by atoms with Gasteiger partial charge in [-0.1, -0.05) is 35.3 Å². The molecule has 0 radical (unpaired) electrons. The van der Waals surface area contributed by atoms with Gasteiger partial charge in [0.1, 0.15) is 11.4 Å². The molecule has 6 nitrogen and oxygen atoms in total. The van der Waals surface area contributed by atoms with Crippen LogP contribution in [-0.4, -0.2) is 26.1 Å². The summed E-state index contributed by atoms with van der Waals surface area (Å²) in [6.45, 7) is 1.74. The molecule has 0 fully saturated rings. The van der Waals surface area contributed by atoms with Gasteiger partial charge in [0.05, 0.1) is 27.0 Å². The lowest BCUT2D eigenvalue weighted by Gasteiger charge is -2.10. The summed E-state index contributed by atoms with van der Waals surface area (Å²) in [4.78, 5) is 34.3. The molecule has 0 saturated carbocycles. The average Bonchev–Trinajstić information content (AvgIpc) is 3.05. The highest BCUT2D eigenvalue weighted by atomic mass is 35.5. The van der Waals surface area contributed by atoms with Crippen molar-refractivity contribution in [1.82, 2.24) is 14.4 Å². The summed E-state index contributed by atoms with van der Waals surface area (Å²) < 4.78 is 1.64. The lowest BCUT2D eigenvalue weighted by molar-refractivity contribution is 0.102. The molecule has 4 rings (SSSR count). The fraction of sp³-hybridized carbons (Fsp3) is 0.0476. The van der Waals surface area contributed by atoms with E-state index in [2.05, 4.69) is 15.3 Å². The number of carbonyl (C=O) groups is 2. The van der Waals surface area contributed by atoms with Crippen LogP contribution in [0.4, 0.5) is 5.69 Å². The van der Waals surface area contributed by atoms with E-state index in [0.717, 1.165) is 0 Å². The molecule has 4 aromatic rings. The Labute approximate surface area is 176 Å². The first-order chi connectivity index (χ1) is 14.0. The summed E-state index contributed by atoms with van der Waals surface area (Å²) in [7, 11) is 0. The maximum Gasteiger partial charge on any atom is 0.258 e. The Hall–Kier alpha value is -3.22. The van der Waals surface area contributed by atoms with Crippen LogP contribution in [-0.2, 0) is 0 Å². The van der Waals surface area contributed by atoms with Crippen molar-refractivity contribution in [3.05, 3.63) is 93.6 Å². The summed E-state index contributed by atoms with van der Waals surface area (Å²) in [5.74, 6) is -0.722. The normalized spacial score (nSPS) is 10.9. The minimum atomic E-state index is -0.466. The number of imidazole rings is 1. The molecule has 3 heterocycles. The van der Waals surface area contributed by atoms with Crippen LogP contribution in [0.15, 0.2) is 60.9 Å². The Morgan fingerprint density at radius 3 is 2.45 bits per heavy atom. The van der Waals surface area contributed by atoms with E-state index in [4.69, 9.17) is 23.2 Å². The number of hydrogen-bond acceptors (Lipinski definition) is 4. The van der Waals surface area contributed by atoms with Crippen molar-refractivity contribution in [3.63, 3.8) is 0 Å². The molecule has 0 spiro atoms. The van der Waals surface area contributed by atoms with Crippen molar-refractivity contribution >= 4 is 46.2 Å². The largest absolute Gasteiger partial charge is 0.319 e. The summed E-state index contributed by atoms with van der Waals surface area (Å²) >= 11 is 12.3. The number of carbonyl (C=O) groups excluding carboxylic acids is 2. The van der Waals surface area contributed by atoms with Crippen LogP contribution in [0.1, 0.15) is 32.2 Å². The molecule has 0 aliphatic heterocycles. The summed E-state index contributed by atoms with van der Waals surface area (Å²) in [5.41, 5.74) is 2.25. The zero-order valence-corrected chi connectivity index (χ0v) is 16.7. The van der Waals surface area contributed by atoms with Gasteiger partial charge in [0, 0.05) is 12.4 Å². The quantitative estimate of drug-likeness (QED) is 0.476. The first-order valence-electron chi connectivity index (χ1n) is 8.66. The van der Waals surface area contributed by atoms with Gasteiger partial charge in [-0.25, -0.2) is 4.98 Å². The van der Waals surface area contributed by atoms with Gasteiger partial charge < -0.3 is 5.32 Å². The number of benzene rings is 1. The van der Waals surface area contributed by atoms with E-state index in [9.17, 15) is 9.59 Å². The van der Waals surface area contributed by atoms with Gasteiger partial charge in [0.2, 0.25) is 5.78 Å². The van der Waals surface area contributed by atoms with Crippen molar-refractivity contribution in [1.29, 1.82) is 0 Å². The maximum atomic E-state index is 12.9. The zero-order chi connectivity index (χ0) is 20.5. The second-order valence-corrected chi connectivity index (χ2v) is 7.07. The molecule has 0 unspecified atom stereocenters. The number of fused-ring (bicyclic) bond motifs is 1. The molecular weight excluding hydrogens is 411 g/mol. The minimum Gasteiger partial charge on any atom is -0.319 e. The van der Waals surface area contributed by atoms with Gasteiger partial charge in [0.25, 0.3) is 5.91 Å². The Morgan fingerprint density at radius 2 is 1.76 bits per heavy atom. The molecule has 144 valence electrons. The lowest BCUT2D eigenvalue weighted by Crippen LogP contribution is -2.14. The third-order valence-electron chi connectivity index (χ3n) is 4.37. The van der Waals surface area contributed by atoms with E-state index in [-0.39, 0.29) is 21.4 Å². The molecule has 0 atom stereocenters. The van der Waals surface area contributed by atoms with Gasteiger partial charge >= 0.3 is 0 Å². The average molecular weight is 425 g/mol. The highest BCUT2D eigenvalue weighted by Crippen LogP contribution is 2.27. The van der Waals surface area contributed by atoms with Gasteiger partial charge in [0.15, 0.2) is 5.65 Å². The number of hydrogen-bond donors (Lipinski definition) is 1. The lowest BCUT2D eigenvalue weighted by atomic mass is 10.1. The molecule has 1 aromatic carbocycles. The molecule has 1 amide bonds. The Bertz CT molecular complexity index is 1230. The monoisotopic (exact) mass is 424 g/mol. The SMILES string of the molecule is Cc1nc2c(NC(=O)c3c(Cl)cccc3Cl)cccn2c1C(=O)c1ccccn1. The van der Waals surface area contributed by atoms with Crippen LogP contribution < -0.4 is 5.32 Å². The summed E-state index contributed by atoms with van der Waals surface area (Å²) in [6.07, 6.45) is 3.27. The van der Waals surface area contributed by atoms with E-state index < -0.39 is 5.91 Å². The van der Waals surface area contributed by atoms with Crippen LogP contribution in [0.3, 0.4) is 0 Å². The molecule has 8 heteroatoms. The third kappa shape index (κ3) is 3.48. The standard InChI is InChI=1S/C21H14Cl2N4O2/c1-12-18(19(28)15-8-2-3-10-24-15)27-11-5-9-16(20(27)25-12)26-21(29)17-13(22)6-4-7-14(17)23/h2-11H,1H3,(H,26,29). The molecule has 0 aliphatic rings. The second-order valence-electron chi connectivity index (χ2n) is 6.26. The highest BCUT2D eigenvalue weighted by Gasteiger charge is 2.22. The topological polar surface area (TPSA) is 76.4 Å². The predicted molar refractivity (Wildman–Crippen MR) is 112 cm³/mol. The number of nitrogens with one attached hydrogen (secondary N) is 1. The van der Waals surface area contributed by atoms with Crippen LogP contribution in [0.5, 0.6) is 0 Å². The number of aromatic nitrogens is 3. The van der Waals surface area contributed by atoms with E-state index in [1.165, 1.54) is 0 Å². The summed E-state index contributed by atoms with van der Waals surface area (Å²) in [6, 6.07) is 13.4. The number of rotatable bonds is 4. The number of nitrogens with zero attached hydrogens (tertiary/aromatic N) is 3. The highest BCUT2D eigenvalue weighted by molar-refractivity contribution is 6.40. The molecule has 1 N–H and O–H groups in total. The molecule has 29 heavy (non-hydrogen) atoms. The Kier molecular flexibility index (Phi) is 5.05. The summed E-state index contributed by atoms with van der Waals surface area (Å²) in [5, 5.41) is 3.27. The number of halogens is 2. The van der Waals surface area contributed by atoms with E-state index in [1.54, 1.807) is 72.2 Å². The fourth-order valence-electron chi connectivity index (χ4n) is 3.07. The van der Waals surface area contributed by atoms with Crippen molar-refractivity contribution in [2.75, 3.05) is 5.32 Å². The van der Waals surface area contributed by atoms with Crippen molar-refractivity contribution in [3.8, 4) is 0 Å². The van der Waals surface area contributed by atoms with Crippen LogP contribution in [0.2, 0.25) is 10.0 Å². The zero-order valence-electron chi connectivity index (χ0n) is 15.2. The number of ketones is 1. The second kappa shape index (κ2) is 7.66. The van der Waals surface area contributed by atoms with Gasteiger partial charge in [-0.3, -0.25) is 19.0 Å². The molecule has 0 aliphatic carbocycles. The van der Waals surface area contributed by atoms with Crippen LogP contribution >= 0.6 is 23.2 Å². The van der Waals surface area contributed by atoms with Crippen molar-refractivity contribution in [2.24, 2.45) is 0 Å². The van der Waals surface area contributed by atoms with E-state index >= 15 is 0 Å². The first kappa shape index (κ1) is 19.1. The van der Waals surface area contributed by atoms with Crippen LogP contribution in [0, 0.1) is 6.92 Å². The smallest absolute Gasteiger partial charge is 0.258 e. The maximum absolute atomic E-state index is 12.9. The van der Waals surface area contributed by atoms with Gasteiger partial charge in [-0.15, -0.1) is 0 Å². The van der Waals surface area contributed by atoms with Gasteiger partial charge in [-0.05, 0) is 43.3 Å². The number of anilines is 1.